The number of oxazole rings is 1. The number of aryl methyl sites for hydroxylation is 2. The number of anilines is 1. The average molecular weight is 308 g/mol. The van der Waals surface area contributed by atoms with Crippen molar-refractivity contribution in [1.29, 1.82) is 0 Å². The van der Waals surface area contributed by atoms with Gasteiger partial charge in [0.25, 0.3) is 0 Å². The summed E-state index contributed by atoms with van der Waals surface area (Å²) in [5.74, 6) is 0.625. The van der Waals surface area contributed by atoms with Crippen LogP contribution in [-0.4, -0.2) is 10.9 Å². The molecular formula is C19H20N2O2. The number of rotatable bonds is 4. The topological polar surface area (TPSA) is 55.1 Å². The average Bonchev–Trinajstić information content (AvgIpc) is 2.90. The molecule has 1 aromatic heterocycles. The van der Waals surface area contributed by atoms with Crippen molar-refractivity contribution in [3.05, 3.63) is 47.5 Å². The third-order valence-corrected chi connectivity index (χ3v) is 3.76. The minimum atomic E-state index is 0.0185. The van der Waals surface area contributed by atoms with Crippen LogP contribution in [0.1, 0.15) is 30.9 Å². The summed E-state index contributed by atoms with van der Waals surface area (Å²) in [7, 11) is 0. The molecule has 1 heterocycles. The van der Waals surface area contributed by atoms with Gasteiger partial charge in [-0.05, 0) is 50.1 Å². The van der Waals surface area contributed by atoms with Gasteiger partial charge in [-0.3, -0.25) is 4.79 Å². The fraction of sp³-hybridized carbons (Fsp3) is 0.263. The fourth-order valence-corrected chi connectivity index (χ4v) is 2.62. The first kappa shape index (κ1) is 15.3. The lowest BCUT2D eigenvalue weighted by atomic mass is 10.1. The zero-order valence-electron chi connectivity index (χ0n) is 13.6. The van der Waals surface area contributed by atoms with Gasteiger partial charge in [0.1, 0.15) is 5.52 Å². The summed E-state index contributed by atoms with van der Waals surface area (Å²) in [6, 6.07) is 11.7. The van der Waals surface area contributed by atoms with E-state index < -0.39 is 0 Å². The number of fused-ring (bicyclic) bond motifs is 1. The first-order valence-corrected chi connectivity index (χ1v) is 7.85. The molecule has 4 heteroatoms. The van der Waals surface area contributed by atoms with E-state index in [1.54, 1.807) is 0 Å². The molecule has 1 N–H and O–H groups in total. The van der Waals surface area contributed by atoms with E-state index in [0.717, 1.165) is 28.8 Å². The SMILES string of the molecule is CCCC(=O)Nc1ccc2oc(-c3ccc(C)cc3C)nc2c1. The summed E-state index contributed by atoms with van der Waals surface area (Å²) in [5.41, 5.74) is 5.54. The molecule has 0 aliphatic rings. The van der Waals surface area contributed by atoms with Gasteiger partial charge in [0.2, 0.25) is 11.8 Å². The van der Waals surface area contributed by atoms with Gasteiger partial charge in [0.15, 0.2) is 5.58 Å². The number of nitrogens with zero attached hydrogens (tertiary/aromatic N) is 1. The van der Waals surface area contributed by atoms with Crippen LogP contribution in [0.15, 0.2) is 40.8 Å². The summed E-state index contributed by atoms with van der Waals surface area (Å²) in [5, 5.41) is 2.88. The van der Waals surface area contributed by atoms with Crippen molar-refractivity contribution < 1.29 is 9.21 Å². The molecule has 3 rings (SSSR count). The summed E-state index contributed by atoms with van der Waals surface area (Å²) < 4.78 is 5.86. The van der Waals surface area contributed by atoms with Gasteiger partial charge < -0.3 is 9.73 Å². The van der Waals surface area contributed by atoms with Gasteiger partial charge in [-0.1, -0.05) is 24.6 Å². The largest absolute Gasteiger partial charge is 0.436 e. The van der Waals surface area contributed by atoms with Crippen molar-refractivity contribution in [3.8, 4) is 11.5 Å². The fourth-order valence-electron chi connectivity index (χ4n) is 2.62. The third-order valence-electron chi connectivity index (χ3n) is 3.76. The Bertz CT molecular complexity index is 865. The van der Waals surface area contributed by atoms with Gasteiger partial charge in [-0.25, -0.2) is 4.98 Å². The Balaban J connectivity index is 1.94. The number of hydrogen-bond acceptors (Lipinski definition) is 3. The molecule has 0 saturated heterocycles. The quantitative estimate of drug-likeness (QED) is 0.749. The van der Waals surface area contributed by atoms with E-state index >= 15 is 0 Å². The van der Waals surface area contributed by atoms with Gasteiger partial charge in [0.05, 0.1) is 0 Å². The van der Waals surface area contributed by atoms with Gasteiger partial charge in [-0.15, -0.1) is 0 Å². The van der Waals surface area contributed by atoms with Crippen LogP contribution in [-0.2, 0) is 4.79 Å². The highest BCUT2D eigenvalue weighted by Gasteiger charge is 2.11. The smallest absolute Gasteiger partial charge is 0.227 e. The second-order valence-electron chi connectivity index (χ2n) is 5.82. The minimum Gasteiger partial charge on any atom is -0.436 e. The molecule has 0 aliphatic carbocycles. The molecule has 0 aliphatic heterocycles. The predicted molar refractivity (Wildman–Crippen MR) is 92.5 cm³/mol. The van der Waals surface area contributed by atoms with Gasteiger partial charge in [-0.2, -0.15) is 0 Å². The molecule has 23 heavy (non-hydrogen) atoms. The van der Waals surface area contributed by atoms with Crippen molar-refractivity contribution in [2.45, 2.75) is 33.6 Å². The van der Waals surface area contributed by atoms with Crippen molar-refractivity contribution in [2.24, 2.45) is 0 Å². The van der Waals surface area contributed by atoms with Crippen molar-refractivity contribution in [1.82, 2.24) is 4.98 Å². The second-order valence-corrected chi connectivity index (χ2v) is 5.82. The van der Waals surface area contributed by atoms with Crippen LogP contribution in [0.4, 0.5) is 5.69 Å². The highest BCUT2D eigenvalue weighted by atomic mass is 16.3. The number of aromatic nitrogens is 1. The predicted octanol–water partition coefficient (Wildman–Crippen LogP) is 4.85. The maximum absolute atomic E-state index is 11.7. The highest BCUT2D eigenvalue weighted by Crippen LogP contribution is 2.28. The lowest BCUT2D eigenvalue weighted by Crippen LogP contribution is -2.10. The van der Waals surface area contributed by atoms with Crippen molar-refractivity contribution in [2.75, 3.05) is 5.32 Å². The minimum absolute atomic E-state index is 0.0185. The van der Waals surface area contributed by atoms with Crippen LogP contribution >= 0.6 is 0 Å². The number of nitrogens with one attached hydrogen (secondary N) is 1. The molecule has 118 valence electrons. The van der Waals surface area contributed by atoms with E-state index in [1.807, 2.05) is 44.2 Å². The highest BCUT2D eigenvalue weighted by molar-refractivity contribution is 5.93. The Kier molecular flexibility index (Phi) is 4.15. The maximum atomic E-state index is 11.7. The standard InChI is InChI=1S/C19H20N2O2/c1-4-5-18(22)20-14-7-9-17-16(11-14)21-19(23-17)15-8-6-12(2)10-13(15)3/h6-11H,4-5H2,1-3H3,(H,20,22). The molecule has 3 aromatic rings. The van der Waals surface area contributed by atoms with E-state index in [4.69, 9.17) is 4.42 Å². The molecule has 0 fully saturated rings. The van der Waals surface area contributed by atoms with Crippen molar-refractivity contribution >= 4 is 22.7 Å². The lowest BCUT2D eigenvalue weighted by Gasteiger charge is -2.02. The van der Waals surface area contributed by atoms with E-state index in [1.165, 1.54) is 5.56 Å². The number of benzene rings is 2. The van der Waals surface area contributed by atoms with Crippen LogP contribution in [0.25, 0.3) is 22.6 Å². The molecule has 0 saturated carbocycles. The molecule has 0 unspecified atom stereocenters. The molecule has 1 amide bonds. The summed E-state index contributed by atoms with van der Waals surface area (Å²) in [4.78, 5) is 16.3. The van der Waals surface area contributed by atoms with Crippen LogP contribution in [0.5, 0.6) is 0 Å². The van der Waals surface area contributed by atoms with Crippen LogP contribution < -0.4 is 5.32 Å². The van der Waals surface area contributed by atoms with Gasteiger partial charge >= 0.3 is 0 Å². The molecular weight excluding hydrogens is 288 g/mol. The summed E-state index contributed by atoms with van der Waals surface area (Å²) in [6.45, 7) is 6.10. The van der Waals surface area contributed by atoms with Crippen LogP contribution in [0, 0.1) is 13.8 Å². The summed E-state index contributed by atoms with van der Waals surface area (Å²) >= 11 is 0. The van der Waals surface area contributed by atoms with Gasteiger partial charge in [0, 0.05) is 17.7 Å². The number of hydrogen-bond donors (Lipinski definition) is 1. The van der Waals surface area contributed by atoms with Crippen molar-refractivity contribution in [3.63, 3.8) is 0 Å². The van der Waals surface area contributed by atoms with Crippen LogP contribution in [0.2, 0.25) is 0 Å². The number of carbonyl (C=O) groups is 1. The summed E-state index contributed by atoms with van der Waals surface area (Å²) in [6.07, 6.45) is 1.35. The molecule has 0 bridgehead atoms. The molecule has 0 atom stereocenters. The zero-order valence-corrected chi connectivity index (χ0v) is 13.6. The van der Waals surface area contributed by atoms with E-state index in [2.05, 4.69) is 23.3 Å². The molecule has 0 radical (unpaired) electrons. The number of amides is 1. The molecule has 4 nitrogen and oxygen atoms in total. The maximum Gasteiger partial charge on any atom is 0.227 e. The first-order valence-electron chi connectivity index (χ1n) is 7.85. The van der Waals surface area contributed by atoms with E-state index in [-0.39, 0.29) is 5.91 Å². The Morgan fingerprint density at radius 3 is 2.74 bits per heavy atom. The zero-order chi connectivity index (χ0) is 16.4. The molecule has 2 aromatic carbocycles. The third kappa shape index (κ3) is 3.26. The van der Waals surface area contributed by atoms with Crippen LogP contribution in [0.3, 0.4) is 0 Å². The van der Waals surface area contributed by atoms with E-state index in [9.17, 15) is 4.79 Å². The lowest BCUT2D eigenvalue weighted by molar-refractivity contribution is -0.116. The van der Waals surface area contributed by atoms with E-state index in [0.29, 0.717) is 17.9 Å². The monoisotopic (exact) mass is 308 g/mol. The number of carbonyl (C=O) groups excluding carboxylic acids is 1. The Labute approximate surface area is 135 Å². The normalized spacial score (nSPS) is 10.9. The second kappa shape index (κ2) is 6.24. The Morgan fingerprint density at radius 2 is 2.00 bits per heavy atom. The first-order chi connectivity index (χ1) is 11.1. The Morgan fingerprint density at radius 1 is 1.17 bits per heavy atom. The molecule has 0 spiro atoms. The Hall–Kier alpha value is -2.62.